The number of nitrogens with one attached hydrogen (secondary N) is 1. The number of hydrogen-bond donors (Lipinski definition) is 1. The second-order valence-electron chi connectivity index (χ2n) is 3.60. The minimum atomic E-state index is -0.00968. The zero-order valence-electron chi connectivity index (χ0n) is 7.52. The number of ether oxygens (including phenoxy) is 2. The molecule has 0 aromatic carbocycles. The van der Waals surface area contributed by atoms with E-state index in [0.29, 0.717) is 6.04 Å². The molecule has 1 rings (SSSR count). The number of hydrogen-bond acceptors (Lipinski definition) is 3. The summed E-state index contributed by atoms with van der Waals surface area (Å²) in [6, 6.07) is 0.369. The first kappa shape index (κ1) is 8.97. The molecule has 0 spiro atoms. The minimum Gasteiger partial charge on any atom is -0.383 e. The molecular weight excluding hydrogens is 142 g/mol. The third-order valence-electron chi connectivity index (χ3n) is 1.86. The van der Waals surface area contributed by atoms with Gasteiger partial charge >= 0.3 is 0 Å². The van der Waals surface area contributed by atoms with Crippen LogP contribution < -0.4 is 5.32 Å². The average molecular weight is 159 g/mol. The van der Waals surface area contributed by atoms with E-state index in [4.69, 9.17) is 9.47 Å². The van der Waals surface area contributed by atoms with Gasteiger partial charge < -0.3 is 14.8 Å². The molecule has 11 heavy (non-hydrogen) atoms. The van der Waals surface area contributed by atoms with Gasteiger partial charge in [-0.25, -0.2) is 0 Å². The van der Waals surface area contributed by atoms with E-state index in [1.54, 1.807) is 7.11 Å². The molecule has 0 saturated carbocycles. The maximum Gasteiger partial charge on any atom is 0.0751 e. The Hall–Kier alpha value is -0.120. The van der Waals surface area contributed by atoms with Crippen molar-refractivity contribution < 1.29 is 9.47 Å². The molecule has 1 aliphatic rings. The maximum absolute atomic E-state index is 5.59. The molecule has 1 fully saturated rings. The lowest BCUT2D eigenvalue weighted by Gasteiger charge is -2.35. The highest BCUT2D eigenvalue weighted by Gasteiger charge is 2.26. The average Bonchev–Trinajstić information content (AvgIpc) is 1.94. The van der Waals surface area contributed by atoms with Crippen molar-refractivity contribution in [1.82, 2.24) is 5.32 Å². The third-order valence-corrected chi connectivity index (χ3v) is 1.86. The van der Waals surface area contributed by atoms with Crippen LogP contribution in [0.15, 0.2) is 0 Å². The lowest BCUT2D eigenvalue weighted by atomic mass is 10.1. The predicted octanol–water partition coefficient (Wildman–Crippen LogP) is 0.400. The van der Waals surface area contributed by atoms with Crippen LogP contribution in [-0.2, 0) is 9.47 Å². The molecule has 0 radical (unpaired) electrons. The number of morpholine rings is 1. The van der Waals surface area contributed by atoms with Crippen LogP contribution in [0.4, 0.5) is 0 Å². The van der Waals surface area contributed by atoms with E-state index in [2.05, 4.69) is 19.2 Å². The SMILES string of the molecule is COC[C@H]1COC(C)(C)CN1. The van der Waals surface area contributed by atoms with E-state index < -0.39 is 0 Å². The lowest BCUT2D eigenvalue weighted by Crippen LogP contribution is -2.53. The third kappa shape index (κ3) is 2.77. The Kier molecular flexibility index (Phi) is 2.87. The Bertz CT molecular complexity index is 115. The molecule has 66 valence electrons. The van der Waals surface area contributed by atoms with Gasteiger partial charge in [-0.3, -0.25) is 0 Å². The van der Waals surface area contributed by atoms with Crippen molar-refractivity contribution in [1.29, 1.82) is 0 Å². The topological polar surface area (TPSA) is 30.5 Å². The van der Waals surface area contributed by atoms with Crippen LogP contribution in [0.1, 0.15) is 13.8 Å². The summed E-state index contributed by atoms with van der Waals surface area (Å²) in [5.41, 5.74) is -0.00968. The standard InChI is InChI=1S/C8H17NO2/c1-8(2)6-9-7(4-10-3)5-11-8/h7,9H,4-6H2,1-3H3/t7-/m0/s1. The Morgan fingerprint density at radius 3 is 2.82 bits per heavy atom. The Labute approximate surface area is 68.1 Å². The molecule has 0 aromatic rings. The molecule has 1 saturated heterocycles. The van der Waals surface area contributed by atoms with Crippen molar-refractivity contribution in [3.05, 3.63) is 0 Å². The second kappa shape index (κ2) is 3.52. The summed E-state index contributed by atoms with van der Waals surface area (Å²) in [4.78, 5) is 0. The van der Waals surface area contributed by atoms with Crippen molar-refractivity contribution in [2.24, 2.45) is 0 Å². The van der Waals surface area contributed by atoms with Crippen molar-refractivity contribution in [3.8, 4) is 0 Å². The summed E-state index contributed by atoms with van der Waals surface area (Å²) < 4.78 is 10.6. The minimum absolute atomic E-state index is 0.00968. The summed E-state index contributed by atoms with van der Waals surface area (Å²) in [7, 11) is 1.71. The van der Waals surface area contributed by atoms with Gasteiger partial charge in [0.05, 0.1) is 24.9 Å². The van der Waals surface area contributed by atoms with E-state index in [9.17, 15) is 0 Å². The van der Waals surface area contributed by atoms with Crippen LogP contribution in [0, 0.1) is 0 Å². The summed E-state index contributed by atoms with van der Waals surface area (Å²) in [5, 5.41) is 3.36. The van der Waals surface area contributed by atoms with Gasteiger partial charge in [-0.05, 0) is 13.8 Å². The summed E-state index contributed by atoms with van der Waals surface area (Å²) >= 11 is 0. The van der Waals surface area contributed by atoms with Crippen LogP contribution in [0.5, 0.6) is 0 Å². The quantitative estimate of drug-likeness (QED) is 0.632. The van der Waals surface area contributed by atoms with Gasteiger partial charge in [0.15, 0.2) is 0 Å². The van der Waals surface area contributed by atoms with Crippen LogP contribution in [-0.4, -0.2) is 38.5 Å². The predicted molar refractivity (Wildman–Crippen MR) is 43.7 cm³/mol. The number of rotatable bonds is 2. The second-order valence-corrected chi connectivity index (χ2v) is 3.60. The highest BCUT2D eigenvalue weighted by molar-refractivity contribution is 4.81. The van der Waals surface area contributed by atoms with Crippen LogP contribution >= 0.6 is 0 Å². The van der Waals surface area contributed by atoms with Crippen LogP contribution in [0.3, 0.4) is 0 Å². The highest BCUT2D eigenvalue weighted by atomic mass is 16.5. The van der Waals surface area contributed by atoms with E-state index >= 15 is 0 Å². The smallest absolute Gasteiger partial charge is 0.0751 e. The number of methoxy groups -OCH3 is 1. The summed E-state index contributed by atoms with van der Waals surface area (Å²) in [6.07, 6.45) is 0. The molecule has 1 atom stereocenters. The van der Waals surface area contributed by atoms with E-state index in [-0.39, 0.29) is 5.60 Å². The van der Waals surface area contributed by atoms with Gasteiger partial charge in [0.25, 0.3) is 0 Å². The van der Waals surface area contributed by atoms with E-state index in [0.717, 1.165) is 19.8 Å². The van der Waals surface area contributed by atoms with Gasteiger partial charge in [-0.15, -0.1) is 0 Å². The Morgan fingerprint density at radius 2 is 2.36 bits per heavy atom. The molecule has 0 aliphatic carbocycles. The zero-order chi connectivity index (χ0) is 8.32. The Balaban J connectivity index is 2.25. The molecule has 0 bridgehead atoms. The molecule has 1 heterocycles. The lowest BCUT2D eigenvalue weighted by molar-refractivity contribution is -0.0685. The molecule has 3 nitrogen and oxygen atoms in total. The van der Waals surface area contributed by atoms with E-state index in [1.807, 2.05) is 0 Å². The van der Waals surface area contributed by atoms with Gasteiger partial charge in [0.1, 0.15) is 0 Å². The summed E-state index contributed by atoms with van der Waals surface area (Å²) in [6.45, 7) is 6.56. The van der Waals surface area contributed by atoms with Crippen molar-refractivity contribution >= 4 is 0 Å². The largest absolute Gasteiger partial charge is 0.383 e. The van der Waals surface area contributed by atoms with Crippen LogP contribution in [0.25, 0.3) is 0 Å². The molecular formula is C8H17NO2. The fourth-order valence-corrected chi connectivity index (χ4v) is 1.13. The van der Waals surface area contributed by atoms with E-state index in [1.165, 1.54) is 0 Å². The fourth-order valence-electron chi connectivity index (χ4n) is 1.13. The van der Waals surface area contributed by atoms with Crippen molar-refractivity contribution in [2.75, 3.05) is 26.9 Å². The first-order chi connectivity index (χ1) is 5.14. The monoisotopic (exact) mass is 159 g/mol. The van der Waals surface area contributed by atoms with Gasteiger partial charge in [0.2, 0.25) is 0 Å². The zero-order valence-corrected chi connectivity index (χ0v) is 7.52. The van der Waals surface area contributed by atoms with Gasteiger partial charge in [-0.2, -0.15) is 0 Å². The first-order valence-electron chi connectivity index (χ1n) is 4.00. The first-order valence-corrected chi connectivity index (χ1v) is 4.00. The molecule has 0 aromatic heterocycles. The molecule has 0 amide bonds. The van der Waals surface area contributed by atoms with Crippen molar-refractivity contribution in [3.63, 3.8) is 0 Å². The maximum atomic E-state index is 5.59. The molecule has 0 unspecified atom stereocenters. The van der Waals surface area contributed by atoms with Crippen LogP contribution in [0.2, 0.25) is 0 Å². The molecule has 1 N–H and O–H groups in total. The normalized spacial score (nSPS) is 30.3. The van der Waals surface area contributed by atoms with Gasteiger partial charge in [0, 0.05) is 13.7 Å². The van der Waals surface area contributed by atoms with Gasteiger partial charge in [-0.1, -0.05) is 0 Å². The molecule has 3 heteroatoms. The summed E-state index contributed by atoms with van der Waals surface area (Å²) in [5.74, 6) is 0. The molecule has 1 aliphatic heterocycles. The van der Waals surface area contributed by atoms with Crippen molar-refractivity contribution in [2.45, 2.75) is 25.5 Å². The Morgan fingerprint density at radius 1 is 1.64 bits per heavy atom. The highest BCUT2D eigenvalue weighted by Crippen LogP contribution is 2.12. The fraction of sp³-hybridized carbons (Fsp3) is 1.00.